The van der Waals surface area contributed by atoms with Crippen molar-refractivity contribution in [2.24, 2.45) is 5.41 Å². The molecule has 16 heavy (non-hydrogen) atoms. The van der Waals surface area contributed by atoms with Crippen LogP contribution in [0.3, 0.4) is 0 Å². The standard InChI is InChI=1S/C14H25NO/c1-14(2)9-10-15(11-13(14)16)12-7-5-3-4-6-8-12/h12H,3-11H2,1-2H3. The predicted molar refractivity (Wildman–Crippen MR) is 66.5 cm³/mol. The number of likely N-dealkylation sites (tertiary alicyclic amines) is 1. The van der Waals surface area contributed by atoms with Gasteiger partial charge in [0.2, 0.25) is 0 Å². The highest BCUT2D eigenvalue weighted by molar-refractivity contribution is 5.86. The van der Waals surface area contributed by atoms with Crippen LogP contribution in [0.4, 0.5) is 0 Å². The first-order chi connectivity index (χ1) is 7.59. The molecule has 1 aliphatic carbocycles. The van der Waals surface area contributed by atoms with Crippen LogP contribution in [0.5, 0.6) is 0 Å². The van der Waals surface area contributed by atoms with Crippen molar-refractivity contribution in [3.8, 4) is 0 Å². The molecule has 0 radical (unpaired) electrons. The first kappa shape index (κ1) is 12.1. The van der Waals surface area contributed by atoms with Gasteiger partial charge >= 0.3 is 0 Å². The minimum absolute atomic E-state index is 0.0682. The highest BCUT2D eigenvalue weighted by atomic mass is 16.1. The molecule has 0 aromatic heterocycles. The lowest BCUT2D eigenvalue weighted by molar-refractivity contribution is -0.133. The number of nitrogens with zero attached hydrogens (tertiary/aromatic N) is 1. The molecule has 2 aliphatic rings. The third-order valence-corrected chi connectivity index (χ3v) is 4.47. The molecule has 0 aromatic rings. The third-order valence-electron chi connectivity index (χ3n) is 4.47. The van der Waals surface area contributed by atoms with Crippen molar-refractivity contribution >= 4 is 5.78 Å². The third kappa shape index (κ3) is 2.65. The Bertz CT molecular complexity index is 251. The van der Waals surface area contributed by atoms with E-state index in [-0.39, 0.29) is 5.41 Å². The van der Waals surface area contributed by atoms with E-state index in [2.05, 4.69) is 18.7 Å². The maximum absolute atomic E-state index is 12.0. The van der Waals surface area contributed by atoms with Crippen molar-refractivity contribution in [2.45, 2.75) is 64.8 Å². The minimum atomic E-state index is -0.0682. The Kier molecular flexibility index (Phi) is 3.68. The fourth-order valence-corrected chi connectivity index (χ4v) is 2.97. The van der Waals surface area contributed by atoms with Crippen LogP contribution >= 0.6 is 0 Å². The van der Waals surface area contributed by atoms with Gasteiger partial charge in [0.25, 0.3) is 0 Å². The lowest BCUT2D eigenvalue weighted by Crippen LogP contribution is -2.49. The van der Waals surface area contributed by atoms with Crippen molar-refractivity contribution < 1.29 is 4.79 Å². The summed E-state index contributed by atoms with van der Waals surface area (Å²) < 4.78 is 0. The summed E-state index contributed by atoms with van der Waals surface area (Å²) in [5.74, 6) is 0.447. The second-order valence-corrected chi connectivity index (χ2v) is 6.17. The maximum atomic E-state index is 12.0. The van der Waals surface area contributed by atoms with Gasteiger partial charge in [0.15, 0.2) is 5.78 Å². The van der Waals surface area contributed by atoms with Gasteiger partial charge in [-0.05, 0) is 25.8 Å². The van der Waals surface area contributed by atoms with Crippen molar-refractivity contribution in [3.63, 3.8) is 0 Å². The molecule has 0 bridgehead atoms. The number of Topliss-reactive ketones (excluding diaryl/α,β-unsaturated/α-hetero) is 1. The molecule has 1 heterocycles. The molecular weight excluding hydrogens is 198 g/mol. The monoisotopic (exact) mass is 223 g/mol. The molecule has 0 unspecified atom stereocenters. The summed E-state index contributed by atoms with van der Waals surface area (Å²) in [4.78, 5) is 14.5. The second-order valence-electron chi connectivity index (χ2n) is 6.17. The first-order valence-electron chi connectivity index (χ1n) is 6.87. The van der Waals surface area contributed by atoms with Crippen molar-refractivity contribution in [1.82, 2.24) is 4.90 Å². The number of hydrogen-bond acceptors (Lipinski definition) is 2. The zero-order valence-electron chi connectivity index (χ0n) is 10.8. The van der Waals surface area contributed by atoms with E-state index in [4.69, 9.17) is 0 Å². The van der Waals surface area contributed by atoms with Gasteiger partial charge in [0.05, 0.1) is 6.54 Å². The Hall–Kier alpha value is -0.370. The van der Waals surface area contributed by atoms with Crippen molar-refractivity contribution in [2.75, 3.05) is 13.1 Å². The molecule has 0 atom stereocenters. The van der Waals surface area contributed by atoms with Crippen LogP contribution in [0.2, 0.25) is 0 Å². The van der Waals surface area contributed by atoms with Gasteiger partial charge < -0.3 is 0 Å². The van der Waals surface area contributed by atoms with Crippen LogP contribution < -0.4 is 0 Å². The summed E-state index contributed by atoms with van der Waals surface area (Å²) in [6, 6.07) is 0.697. The van der Waals surface area contributed by atoms with Crippen LogP contribution in [0.1, 0.15) is 58.8 Å². The zero-order chi connectivity index (χ0) is 11.6. The van der Waals surface area contributed by atoms with Gasteiger partial charge in [-0.15, -0.1) is 0 Å². The zero-order valence-corrected chi connectivity index (χ0v) is 10.8. The van der Waals surface area contributed by atoms with Gasteiger partial charge in [-0.1, -0.05) is 39.5 Å². The first-order valence-corrected chi connectivity index (χ1v) is 6.87. The molecule has 92 valence electrons. The summed E-state index contributed by atoms with van der Waals surface area (Å²) in [5.41, 5.74) is -0.0682. The SMILES string of the molecule is CC1(C)CCN(C2CCCCCC2)CC1=O. The Morgan fingerprint density at radius 1 is 1.12 bits per heavy atom. The van der Waals surface area contributed by atoms with Crippen LogP contribution in [0.15, 0.2) is 0 Å². The molecule has 0 amide bonds. The highest BCUT2D eigenvalue weighted by Gasteiger charge is 2.35. The lowest BCUT2D eigenvalue weighted by atomic mass is 9.80. The average Bonchev–Trinajstić information content (AvgIpc) is 2.50. The van der Waals surface area contributed by atoms with Gasteiger partial charge in [-0.3, -0.25) is 9.69 Å². The summed E-state index contributed by atoms with van der Waals surface area (Å²) in [6.07, 6.45) is 9.18. The molecule has 2 heteroatoms. The second kappa shape index (κ2) is 4.87. The van der Waals surface area contributed by atoms with Crippen LogP contribution in [-0.4, -0.2) is 29.8 Å². The Morgan fingerprint density at radius 2 is 1.75 bits per heavy atom. The van der Waals surface area contributed by atoms with Crippen molar-refractivity contribution in [3.05, 3.63) is 0 Å². The topological polar surface area (TPSA) is 20.3 Å². The molecule has 1 saturated carbocycles. The fraction of sp³-hybridized carbons (Fsp3) is 0.929. The number of carbonyl (C=O) groups excluding carboxylic acids is 1. The van der Waals surface area contributed by atoms with Crippen LogP contribution in [0.25, 0.3) is 0 Å². The Balaban J connectivity index is 1.93. The quantitative estimate of drug-likeness (QED) is 0.637. The summed E-state index contributed by atoms with van der Waals surface area (Å²) in [7, 11) is 0. The van der Waals surface area contributed by atoms with E-state index in [1.54, 1.807) is 0 Å². The largest absolute Gasteiger partial charge is 0.298 e. The summed E-state index contributed by atoms with van der Waals surface area (Å²) >= 11 is 0. The molecule has 0 spiro atoms. The van der Waals surface area contributed by atoms with E-state index in [9.17, 15) is 4.79 Å². The predicted octanol–water partition coefficient (Wildman–Crippen LogP) is 3.01. The van der Waals surface area contributed by atoms with Gasteiger partial charge in [-0.2, -0.15) is 0 Å². The molecule has 0 N–H and O–H groups in total. The smallest absolute Gasteiger partial charge is 0.152 e. The Labute approximate surface area is 99.4 Å². The number of rotatable bonds is 1. The molecule has 2 nitrogen and oxygen atoms in total. The normalized spacial score (nSPS) is 29.0. The van der Waals surface area contributed by atoms with Crippen LogP contribution in [0, 0.1) is 5.41 Å². The Morgan fingerprint density at radius 3 is 2.31 bits per heavy atom. The number of carbonyl (C=O) groups is 1. The molecule has 0 aromatic carbocycles. The average molecular weight is 223 g/mol. The molecule has 2 rings (SSSR count). The highest BCUT2D eigenvalue weighted by Crippen LogP contribution is 2.30. The maximum Gasteiger partial charge on any atom is 0.152 e. The fourth-order valence-electron chi connectivity index (χ4n) is 2.97. The van der Waals surface area contributed by atoms with E-state index in [0.29, 0.717) is 18.4 Å². The van der Waals surface area contributed by atoms with Gasteiger partial charge in [0.1, 0.15) is 0 Å². The lowest BCUT2D eigenvalue weighted by Gasteiger charge is -2.39. The van der Waals surface area contributed by atoms with Gasteiger partial charge in [0, 0.05) is 11.5 Å². The molecular formula is C14H25NO. The molecule has 1 aliphatic heterocycles. The number of piperidine rings is 1. The van der Waals surface area contributed by atoms with E-state index < -0.39 is 0 Å². The van der Waals surface area contributed by atoms with Crippen molar-refractivity contribution in [1.29, 1.82) is 0 Å². The summed E-state index contributed by atoms with van der Waals surface area (Å²) in [5, 5.41) is 0. The molecule has 2 fully saturated rings. The van der Waals surface area contributed by atoms with E-state index >= 15 is 0 Å². The van der Waals surface area contributed by atoms with Crippen LogP contribution in [-0.2, 0) is 4.79 Å². The number of ketones is 1. The minimum Gasteiger partial charge on any atom is -0.298 e. The summed E-state index contributed by atoms with van der Waals surface area (Å²) in [6.45, 7) is 6.03. The van der Waals surface area contributed by atoms with Gasteiger partial charge in [-0.25, -0.2) is 0 Å². The van der Waals surface area contributed by atoms with E-state index in [0.717, 1.165) is 13.0 Å². The number of hydrogen-bond donors (Lipinski definition) is 0. The van der Waals surface area contributed by atoms with E-state index in [1.165, 1.54) is 38.5 Å². The molecule has 1 saturated heterocycles. The van der Waals surface area contributed by atoms with E-state index in [1.807, 2.05) is 0 Å².